The molecule has 0 fully saturated rings. The van der Waals surface area contributed by atoms with E-state index >= 15 is 0 Å². The number of halogens is 2. The zero-order valence-electron chi connectivity index (χ0n) is 12.3. The fraction of sp³-hybridized carbons (Fsp3) is 0.400. The van der Waals surface area contributed by atoms with E-state index in [0.717, 1.165) is 31.4 Å². The first-order valence-corrected chi connectivity index (χ1v) is 9.08. The minimum absolute atomic E-state index is 0.0647. The van der Waals surface area contributed by atoms with Gasteiger partial charge in [0.1, 0.15) is 10.7 Å². The summed E-state index contributed by atoms with van der Waals surface area (Å²) in [7, 11) is -4.32. The summed E-state index contributed by atoms with van der Waals surface area (Å²) < 4.78 is 39.7. The van der Waals surface area contributed by atoms with Crippen LogP contribution in [0.3, 0.4) is 0 Å². The molecule has 0 radical (unpaired) electrons. The van der Waals surface area contributed by atoms with Gasteiger partial charge in [0, 0.05) is 5.02 Å². The summed E-state index contributed by atoms with van der Waals surface area (Å²) in [5.74, 6) is -1.62. The summed E-state index contributed by atoms with van der Waals surface area (Å²) in [4.78, 5) is 11.4. The molecule has 0 saturated carbocycles. The second-order valence-corrected chi connectivity index (χ2v) is 7.62. The summed E-state index contributed by atoms with van der Waals surface area (Å²) in [6, 6.07) is 2.15. The lowest BCUT2D eigenvalue weighted by Gasteiger charge is -2.21. The Morgan fingerprint density at radius 2 is 2.17 bits per heavy atom. The molecule has 0 heterocycles. The Morgan fingerprint density at radius 3 is 2.78 bits per heavy atom. The highest BCUT2D eigenvalue weighted by Crippen LogP contribution is 2.23. The molecule has 23 heavy (non-hydrogen) atoms. The number of allylic oxidation sites excluding steroid dienone is 2. The largest absolute Gasteiger partial charge is 0.320 e. The van der Waals surface area contributed by atoms with Crippen molar-refractivity contribution in [3.63, 3.8) is 0 Å². The average molecular weight is 361 g/mol. The number of hydrogen-bond donors (Lipinski definition) is 2. The van der Waals surface area contributed by atoms with Gasteiger partial charge in [0.2, 0.25) is 0 Å². The molecule has 126 valence electrons. The Labute approximate surface area is 139 Å². The van der Waals surface area contributed by atoms with E-state index in [-0.39, 0.29) is 10.9 Å². The van der Waals surface area contributed by atoms with Gasteiger partial charge in [-0.3, -0.25) is 4.79 Å². The Bertz CT molecular complexity index is 721. The Kier molecular flexibility index (Phi) is 5.78. The van der Waals surface area contributed by atoms with E-state index in [1.54, 1.807) is 0 Å². The predicted octanol–water partition coefficient (Wildman–Crippen LogP) is 2.36. The van der Waals surface area contributed by atoms with Gasteiger partial charge >= 0.3 is 0 Å². The molecule has 1 aliphatic carbocycles. The number of amides is 1. The molecule has 3 N–H and O–H groups in total. The number of hydrogen-bond acceptors (Lipinski definition) is 4. The van der Waals surface area contributed by atoms with E-state index in [4.69, 9.17) is 17.3 Å². The van der Waals surface area contributed by atoms with Crippen LogP contribution in [0.4, 0.5) is 4.39 Å². The second-order valence-electron chi connectivity index (χ2n) is 5.54. The number of nitrogens with one attached hydrogen (secondary N) is 1. The van der Waals surface area contributed by atoms with Crippen LogP contribution in [0, 0.1) is 11.7 Å². The summed E-state index contributed by atoms with van der Waals surface area (Å²) in [5.41, 5.74) is 5.78. The van der Waals surface area contributed by atoms with E-state index in [9.17, 15) is 17.6 Å². The highest BCUT2D eigenvalue weighted by molar-refractivity contribution is 7.90. The van der Waals surface area contributed by atoms with Gasteiger partial charge in [-0.05, 0) is 49.8 Å². The van der Waals surface area contributed by atoms with Crippen molar-refractivity contribution in [3.05, 3.63) is 41.2 Å². The lowest BCUT2D eigenvalue weighted by Crippen LogP contribution is -2.44. The summed E-state index contributed by atoms with van der Waals surface area (Å²) in [6.45, 7) is 0. The maximum Gasteiger partial charge on any atom is 0.267 e. The van der Waals surface area contributed by atoms with Crippen molar-refractivity contribution >= 4 is 27.5 Å². The van der Waals surface area contributed by atoms with Crippen LogP contribution in [0.25, 0.3) is 0 Å². The van der Waals surface area contributed by atoms with Crippen molar-refractivity contribution in [2.45, 2.75) is 36.6 Å². The molecule has 8 heteroatoms. The molecule has 0 bridgehead atoms. The summed E-state index contributed by atoms with van der Waals surface area (Å²) >= 11 is 5.58. The van der Waals surface area contributed by atoms with E-state index in [1.807, 2.05) is 10.8 Å². The van der Waals surface area contributed by atoms with Crippen LogP contribution in [0.1, 0.15) is 25.7 Å². The van der Waals surface area contributed by atoms with Gasteiger partial charge in [0.15, 0.2) is 0 Å². The smallest absolute Gasteiger partial charge is 0.267 e. The number of carbonyl (C=O) groups excluding carboxylic acids is 1. The van der Waals surface area contributed by atoms with Gasteiger partial charge < -0.3 is 5.73 Å². The molecule has 5 nitrogen and oxygen atoms in total. The number of sulfonamides is 1. The van der Waals surface area contributed by atoms with Crippen molar-refractivity contribution in [1.82, 2.24) is 4.72 Å². The van der Waals surface area contributed by atoms with Gasteiger partial charge in [-0.1, -0.05) is 23.8 Å². The second kappa shape index (κ2) is 7.42. The molecule has 2 rings (SSSR count). The van der Waals surface area contributed by atoms with Crippen LogP contribution < -0.4 is 10.5 Å². The average Bonchev–Trinajstić information content (AvgIpc) is 2.47. The quantitative estimate of drug-likeness (QED) is 0.789. The molecule has 0 spiro atoms. The van der Waals surface area contributed by atoms with Crippen molar-refractivity contribution in [1.29, 1.82) is 0 Å². The molecule has 1 amide bonds. The van der Waals surface area contributed by atoms with Gasteiger partial charge in [-0.15, -0.1) is 0 Å². The topological polar surface area (TPSA) is 89.3 Å². The fourth-order valence-corrected chi connectivity index (χ4v) is 3.74. The lowest BCUT2D eigenvalue weighted by atomic mass is 9.89. The van der Waals surface area contributed by atoms with E-state index in [0.29, 0.717) is 6.42 Å². The van der Waals surface area contributed by atoms with Gasteiger partial charge in [0.25, 0.3) is 15.9 Å². The third kappa shape index (κ3) is 4.76. The van der Waals surface area contributed by atoms with Gasteiger partial charge in [-0.25, -0.2) is 17.5 Å². The summed E-state index contributed by atoms with van der Waals surface area (Å²) in [6.07, 6.45) is 7.13. The molecule has 1 aromatic carbocycles. The van der Waals surface area contributed by atoms with Crippen molar-refractivity contribution in [3.8, 4) is 0 Å². The fourth-order valence-electron chi connectivity index (χ4n) is 2.49. The molecule has 0 saturated heterocycles. The standard InChI is InChI=1S/C15H18ClFN2O3S/c16-11-6-7-14(12(17)9-11)23(21,22)19-15(20)13(18)8-10-4-2-1-3-5-10/h1-2,6-7,9-10,13H,3-5,8,18H2,(H,19,20). The van der Waals surface area contributed by atoms with Crippen molar-refractivity contribution in [2.24, 2.45) is 11.7 Å². The van der Waals surface area contributed by atoms with Crippen LogP contribution in [-0.2, 0) is 14.8 Å². The number of carbonyl (C=O) groups is 1. The van der Waals surface area contributed by atoms with E-state index in [1.165, 1.54) is 6.07 Å². The normalized spacial score (nSPS) is 19.3. The molecular formula is C15H18ClFN2O3S. The molecular weight excluding hydrogens is 343 g/mol. The van der Waals surface area contributed by atoms with Crippen LogP contribution in [0.2, 0.25) is 5.02 Å². The first-order valence-electron chi connectivity index (χ1n) is 7.22. The Hall–Kier alpha value is -1.44. The van der Waals surface area contributed by atoms with Crippen molar-refractivity contribution in [2.75, 3.05) is 0 Å². The highest BCUT2D eigenvalue weighted by Gasteiger charge is 2.26. The number of nitrogens with two attached hydrogens (primary N) is 1. The molecule has 2 atom stereocenters. The van der Waals surface area contributed by atoms with E-state index < -0.39 is 32.7 Å². The van der Waals surface area contributed by atoms with Crippen LogP contribution in [-0.4, -0.2) is 20.4 Å². The maximum atomic E-state index is 13.7. The van der Waals surface area contributed by atoms with Gasteiger partial charge in [-0.2, -0.15) is 0 Å². The minimum Gasteiger partial charge on any atom is -0.320 e. The molecule has 0 aromatic heterocycles. The summed E-state index contributed by atoms with van der Waals surface area (Å²) in [5, 5.41) is 0.0647. The molecule has 0 aliphatic heterocycles. The Balaban J connectivity index is 2.04. The van der Waals surface area contributed by atoms with Crippen LogP contribution in [0.15, 0.2) is 35.2 Å². The SMILES string of the molecule is NC(CC1CC=CCC1)C(=O)NS(=O)(=O)c1ccc(Cl)cc1F. The zero-order chi connectivity index (χ0) is 17.0. The maximum absolute atomic E-state index is 13.7. The first-order chi connectivity index (χ1) is 10.8. The predicted molar refractivity (Wildman–Crippen MR) is 85.8 cm³/mol. The zero-order valence-corrected chi connectivity index (χ0v) is 13.9. The van der Waals surface area contributed by atoms with E-state index in [2.05, 4.69) is 6.08 Å². The van der Waals surface area contributed by atoms with Crippen LogP contribution in [0.5, 0.6) is 0 Å². The number of benzene rings is 1. The molecule has 2 unspecified atom stereocenters. The van der Waals surface area contributed by atoms with Crippen molar-refractivity contribution < 1.29 is 17.6 Å². The van der Waals surface area contributed by atoms with Gasteiger partial charge in [0.05, 0.1) is 6.04 Å². The van der Waals surface area contributed by atoms with Crippen LogP contribution >= 0.6 is 11.6 Å². The first kappa shape index (κ1) is 17.9. The molecule has 1 aromatic rings. The highest BCUT2D eigenvalue weighted by atomic mass is 35.5. The third-order valence-electron chi connectivity index (χ3n) is 3.72. The minimum atomic E-state index is -4.32. The number of rotatable bonds is 5. The third-order valence-corrected chi connectivity index (χ3v) is 5.34. The Morgan fingerprint density at radius 1 is 1.43 bits per heavy atom. The monoisotopic (exact) mass is 360 g/mol. The molecule has 1 aliphatic rings. The lowest BCUT2D eigenvalue weighted by molar-refractivity contribution is -0.121.